The quantitative estimate of drug-likeness (QED) is 0.456. The molecule has 0 aliphatic carbocycles. The van der Waals surface area contributed by atoms with Crippen LogP contribution in [0.2, 0.25) is 5.15 Å². The standard InChI is InChI=1S/C8H7ClN4O2/c1-12-7-5(8(9)11-12)2-4(13(14)15)3-6(7)10/h2-3H,10H2,1H3. The number of fused-ring (bicyclic) bond motifs is 1. The highest BCUT2D eigenvalue weighted by atomic mass is 35.5. The van der Waals surface area contributed by atoms with E-state index in [1.165, 1.54) is 16.8 Å². The minimum Gasteiger partial charge on any atom is -0.397 e. The van der Waals surface area contributed by atoms with Gasteiger partial charge in [-0.3, -0.25) is 14.8 Å². The van der Waals surface area contributed by atoms with E-state index in [9.17, 15) is 10.1 Å². The molecule has 0 fully saturated rings. The molecule has 2 aromatic rings. The molecule has 2 rings (SSSR count). The minimum atomic E-state index is -0.515. The largest absolute Gasteiger partial charge is 0.397 e. The molecule has 0 unspecified atom stereocenters. The Morgan fingerprint density at radius 3 is 2.87 bits per heavy atom. The Kier molecular flexibility index (Phi) is 2.01. The molecule has 0 saturated carbocycles. The number of aryl methyl sites for hydroxylation is 1. The van der Waals surface area contributed by atoms with Crippen molar-refractivity contribution in [1.82, 2.24) is 9.78 Å². The normalized spacial score (nSPS) is 10.8. The number of nitro groups is 1. The smallest absolute Gasteiger partial charge is 0.272 e. The van der Waals surface area contributed by atoms with E-state index in [0.29, 0.717) is 16.6 Å². The molecule has 0 amide bonds. The van der Waals surface area contributed by atoms with Crippen LogP contribution in [0.15, 0.2) is 12.1 Å². The lowest BCUT2D eigenvalue weighted by molar-refractivity contribution is -0.384. The highest BCUT2D eigenvalue weighted by Crippen LogP contribution is 2.31. The van der Waals surface area contributed by atoms with Crippen molar-refractivity contribution in [2.24, 2.45) is 7.05 Å². The highest BCUT2D eigenvalue weighted by molar-refractivity contribution is 6.34. The van der Waals surface area contributed by atoms with Gasteiger partial charge in [-0.25, -0.2) is 0 Å². The van der Waals surface area contributed by atoms with Gasteiger partial charge >= 0.3 is 0 Å². The molecular weight excluding hydrogens is 220 g/mol. The number of nitrogens with zero attached hydrogens (tertiary/aromatic N) is 3. The lowest BCUT2D eigenvalue weighted by Crippen LogP contribution is -1.96. The number of aromatic nitrogens is 2. The van der Waals surface area contributed by atoms with Gasteiger partial charge in [-0.2, -0.15) is 5.10 Å². The molecule has 0 bridgehead atoms. The first-order valence-electron chi connectivity index (χ1n) is 4.07. The molecule has 1 heterocycles. The summed E-state index contributed by atoms with van der Waals surface area (Å²) in [6, 6.07) is 2.65. The summed E-state index contributed by atoms with van der Waals surface area (Å²) in [5, 5.41) is 15.2. The van der Waals surface area contributed by atoms with E-state index in [4.69, 9.17) is 17.3 Å². The third-order valence-electron chi connectivity index (χ3n) is 2.12. The lowest BCUT2D eigenvalue weighted by atomic mass is 10.2. The minimum absolute atomic E-state index is 0.0881. The van der Waals surface area contributed by atoms with Crippen LogP contribution in [0.4, 0.5) is 11.4 Å². The summed E-state index contributed by atoms with van der Waals surface area (Å²) in [5.41, 5.74) is 6.49. The first kappa shape index (κ1) is 9.72. The lowest BCUT2D eigenvalue weighted by Gasteiger charge is -1.99. The number of nitro benzene ring substituents is 1. The van der Waals surface area contributed by atoms with Gasteiger partial charge in [-0.15, -0.1) is 0 Å². The van der Waals surface area contributed by atoms with Crippen molar-refractivity contribution in [3.63, 3.8) is 0 Å². The van der Waals surface area contributed by atoms with Gasteiger partial charge in [0.2, 0.25) is 0 Å². The van der Waals surface area contributed by atoms with Gasteiger partial charge in [-0.05, 0) is 0 Å². The summed E-state index contributed by atoms with van der Waals surface area (Å²) in [5.74, 6) is 0. The summed E-state index contributed by atoms with van der Waals surface area (Å²) in [6.45, 7) is 0. The Hall–Kier alpha value is -1.82. The van der Waals surface area contributed by atoms with Crippen LogP contribution in [0, 0.1) is 10.1 Å². The molecule has 2 N–H and O–H groups in total. The molecule has 7 heteroatoms. The SMILES string of the molecule is Cn1nc(Cl)c2cc([N+](=O)[O-])cc(N)c21. The molecule has 1 aromatic heterocycles. The Bertz CT molecular complexity index is 563. The van der Waals surface area contributed by atoms with E-state index in [1.54, 1.807) is 7.05 Å². The van der Waals surface area contributed by atoms with E-state index in [0.717, 1.165) is 0 Å². The van der Waals surface area contributed by atoms with Crippen LogP contribution in [-0.2, 0) is 7.05 Å². The number of rotatable bonds is 1. The Morgan fingerprint density at radius 2 is 2.27 bits per heavy atom. The van der Waals surface area contributed by atoms with Crippen LogP contribution in [0.3, 0.4) is 0 Å². The summed E-state index contributed by atoms with van der Waals surface area (Å²) < 4.78 is 1.50. The van der Waals surface area contributed by atoms with E-state index in [1.807, 2.05) is 0 Å². The summed E-state index contributed by atoms with van der Waals surface area (Å²) in [4.78, 5) is 10.1. The zero-order valence-corrected chi connectivity index (χ0v) is 8.52. The second-order valence-corrected chi connectivity index (χ2v) is 3.46. The van der Waals surface area contributed by atoms with E-state index in [2.05, 4.69) is 5.10 Å². The molecule has 0 spiro atoms. The average Bonchev–Trinajstić information content (AvgIpc) is 2.42. The van der Waals surface area contributed by atoms with Gasteiger partial charge in [-0.1, -0.05) is 11.6 Å². The summed E-state index contributed by atoms with van der Waals surface area (Å²) >= 11 is 5.82. The second kappa shape index (κ2) is 3.09. The van der Waals surface area contributed by atoms with Crippen LogP contribution in [-0.4, -0.2) is 14.7 Å². The Balaban J connectivity index is 2.87. The molecule has 0 saturated heterocycles. The number of nitrogens with two attached hydrogens (primary N) is 1. The van der Waals surface area contributed by atoms with E-state index in [-0.39, 0.29) is 10.8 Å². The predicted molar refractivity (Wildman–Crippen MR) is 56.8 cm³/mol. The van der Waals surface area contributed by atoms with Crippen molar-refractivity contribution in [2.75, 3.05) is 5.73 Å². The molecule has 78 valence electrons. The van der Waals surface area contributed by atoms with Crippen molar-refractivity contribution in [2.45, 2.75) is 0 Å². The molecule has 0 atom stereocenters. The summed E-state index contributed by atoms with van der Waals surface area (Å²) in [7, 11) is 1.68. The number of non-ortho nitro benzene ring substituents is 1. The molecule has 6 nitrogen and oxygen atoms in total. The van der Waals surface area contributed by atoms with Crippen molar-refractivity contribution in [1.29, 1.82) is 0 Å². The van der Waals surface area contributed by atoms with Gasteiger partial charge in [0, 0.05) is 24.6 Å². The topological polar surface area (TPSA) is 87.0 Å². The van der Waals surface area contributed by atoms with Gasteiger partial charge in [0.1, 0.15) is 0 Å². The third-order valence-corrected chi connectivity index (χ3v) is 2.40. The zero-order chi connectivity index (χ0) is 11.2. The first-order chi connectivity index (χ1) is 7.00. The Labute approximate surface area is 89.4 Å². The molecule has 0 aliphatic heterocycles. The van der Waals surface area contributed by atoms with Crippen LogP contribution >= 0.6 is 11.6 Å². The van der Waals surface area contributed by atoms with Gasteiger partial charge < -0.3 is 5.73 Å². The van der Waals surface area contributed by atoms with Crippen LogP contribution in [0.25, 0.3) is 10.9 Å². The van der Waals surface area contributed by atoms with Crippen molar-refractivity contribution < 1.29 is 4.92 Å². The number of hydrogen-bond donors (Lipinski definition) is 1. The molecular formula is C8H7ClN4O2. The Morgan fingerprint density at radius 1 is 1.60 bits per heavy atom. The second-order valence-electron chi connectivity index (χ2n) is 3.10. The highest BCUT2D eigenvalue weighted by Gasteiger charge is 2.15. The fraction of sp³-hybridized carbons (Fsp3) is 0.125. The van der Waals surface area contributed by atoms with E-state index >= 15 is 0 Å². The maximum Gasteiger partial charge on any atom is 0.272 e. The predicted octanol–water partition coefficient (Wildman–Crippen LogP) is 1.72. The van der Waals surface area contributed by atoms with Gasteiger partial charge in [0.15, 0.2) is 5.15 Å². The number of nitrogen functional groups attached to an aromatic ring is 1. The van der Waals surface area contributed by atoms with Crippen LogP contribution in [0.5, 0.6) is 0 Å². The van der Waals surface area contributed by atoms with Crippen molar-refractivity contribution >= 4 is 33.9 Å². The fourth-order valence-corrected chi connectivity index (χ4v) is 1.76. The monoisotopic (exact) mass is 226 g/mol. The van der Waals surface area contributed by atoms with Crippen LogP contribution < -0.4 is 5.73 Å². The maximum absolute atomic E-state index is 10.6. The van der Waals surface area contributed by atoms with Crippen molar-refractivity contribution in [3.05, 3.63) is 27.4 Å². The first-order valence-corrected chi connectivity index (χ1v) is 4.44. The summed E-state index contributed by atoms with van der Waals surface area (Å²) in [6.07, 6.45) is 0. The number of halogens is 1. The third kappa shape index (κ3) is 1.39. The number of anilines is 1. The maximum atomic E-state index is 10.6. The fourth-order valence-electron chi connectivity index (χ4n) is 1.50. The number of hydrogen-bond acceptors (Lipinski definition) is 4. The van der Waals surface area contributed by atoms with Crippen molar-refractivity contribution in [3.8, 4) is 0 Å². The zero-order valence-electron chi connectivity index (χ0n) is 7.77. The average molecular weight is 227 g/mol. The molecule has 15 heavy (non-hydrogen) atoms. The van der Waals surface area contributed by atoms with Gasteiger partial charge in [0.05, 0.1) is 16.1 Å². The van der Waals surface area contributed by atoms with Gasteiger partial charge in [0.25, 0.3) is 5.69 Å². The molecule has 1 aromatic carbocycles. The number of benzene rings is 1. The molecule has 0 radical (unpaired) electrons. The molecule has 0 aliphatic rings. The van der Waals surface area contributed by atoms with E-state index < -0.39 is 4.92 Å². The van der Waals surface area contributed by atoms with Crippen LogP contribution in [0.1, 0.15) is 0 Å².